The number of carbonyl (C=O) groups is 1. The molecular formula is C17H19NO. The van der Waals surface area contributed by atoms with Gasteiger partial charge in [-0.2, -0.15) is 0 Å². The SMILES string of the molecule is CCC1CCC(C(=O)c2cnc3ccccc3c2)C1. The number of Topliss-reactive ketones (excluding diaryl/α,β-unsaturated/α-hetero) is 1. The highest BCUT2D eigenvalue weighted by Gasteiger charge is 2.29. The first-order valence-corrected chi connectivity index (χ1v) is 7.17. The van der Waals surface area contributed by atoms with Gasteiger partial charge in [0.2, 0.25) is 0 Å². The summed E-state index contributed by atoms with van der Waals surface area (Å²) >= 11 is 0. The number of hydrogen-bond donors (Lipinski definition) is 0. The van der Waals surface area contributed by atoms with Crippen molar-refractivity contribution in [2.45, 2.75) is 32.6 Å². The number of para-hydroxylation sites is 1. The van der Waals surface area contributed by atoms with E-state index in [0.29, 0.717) is 0 Å². The monoisotopic (exact) mass is 253 g/mol. The molecule has 19 heavy (non-hydrogen) atoms. The number of benzene rings is 1. The lowest BCUT2D eigenvalue weighted by atomic mass is 9.95. The first kappa shape index (κ1) is 12.3. The van der Waals surface area contributed by atoms with Gasteiger partial charge in [-0.05, 0) is 37.3 Å². The highest BCUT2D eigenvalue weighted by molar-refractivity contribution is 6.00. The number of pyridine rings is 1. The normalized spacial score (nSPS) is 22.8. The molecule has 0 amide bonds. The fraction of sp³-hybridized carbons (Fsp3) is 0.412. The Bertz CT molecular complexity index is 605. The molecule has 2 nitrogen and oxygen atoms in total. The summed E-state index contributed by atoms with van der Waals surface area (Å²) in [5.41, 5.74) is 1.73. The number of rotatable bonds is 3. The van der Waals surface area contributed by atoms with Gasteiger partial charge in [-0.1, -0.05) is 31.5 Å². The Hall–Kier alpha value is -1.70. The van der Waals surface area contributed by atoms with E-state index in [0.717, 1.165) is 35.2 Å². The van der Waals surface area contributed by atoms with Crippen LogP contribution in [0.2, 0.25) is 0 Å². The van der Waals surface area contributed by atoms with Crippen LogP contribution in [0.15, 0.2) is 36.5 Å². The van der Waals surface area contributed by atoms with Crippen molar-refractivity contribution in [1.29, 1.82) is 0 Å². The molecule has 0 aliphatic heterocycles. The van der Waals surface area contributed by atoms with Crippen LogP contribution in [0, 0.1) is 11.8 Å². The average molecular weight is 253 g/mol. The minimum atomic E-state index is 0.216. The molecule has 0 bridgehead atoms. The highest BCUT2D eigenvalue weighted by atomic mass is 16.1. The molecule has 1 aliphatic rings. The van der Waals surface area contributed by atoms with E-state index in [4.69, 9.17) is 0 Å². The van der Waals surface area contributed by atoms with E-state index in [1.165, 1.54) is 12.8 Å². The molecular weight excluding hydrogens is 234 g/mol. The maximum Gasteiger partial charge on any atom is 0.167 e. The minimum Gasteiger partial charge on any atom is -0.294 e. The number of fused-ring (bicyclic) bond motifs is 1. The Kier molecular flexibility index (Phi) is 3.33. The van der Waals surface area contributed by atoms with E-state index in [9.17, 15) is 4.79 Å². The molecule has 1 aromatic heterocycles. The van der Waals surface area contributed by atoms with Crippen LogP contribution in [0.25, 0.3) is 10.9 Å². The quantitative estimate of drug-likeness (QED) is 0.766. The molecule has 2 aromatic rings. The van der Waals surface area contributed by atoms with Crippen molar-refractivity contribution < 1.29 is 4.79 Å². The molecule has 1 heterocycles. The van der Waals surface area contributed by atoms with E-state index in [1.54, 1.807) is 6.20 Å². The molecule has 2 atom stereocenters. The molecule has 0 saturated heterocycles. The lowest BCUT2D eigenvalue weighted by Gasteiger charge is -2.09. The first-order valence-electron chi connectivity index (χ1n) is 7.17. The predicted octanol–water partition coefficient (Wildman–Crippen LogP) is 4.24. The van der Waals surface area contributed by atoms with Crippen LogP contribution < -0.4 is 0 Å². The van der Waals surface area contributed by atoms with Crippen LogP contribution in [0.4, 0.5) is 0 Å². The van der Waals surface area contributed by atoms with E-state index in [2.05, 4.69) is 11.9 Å². The number of nitrogens with zero attached hydrogens (tertiary/aromatic N) is 1. The van der Waals surface area contributed by atoms with Gasteiger partial charge >= 0.3 is 0 Å². The number of hydrogen-bond acceptors (Lipinski definition) is 2. The predicted molar refractivity (Wildman–Crippen MR) is 77.2 cm³/mol. The zero-order chi connectivity index (χ0) is 13.2. The van der Waals surface area contributed by atoms with E-state index >= 15 is 0 Å². The van der Waals surface area contributed by atoms with Crippen LogP contribution in [-0.4, -0.2) is 10.8 Å². The summed E-state index contributed by atoms with van der Waals surface area (Å²) in [5.74, 6) is 1.24. The van der Waals surface area contributed by atoms with Crippen molar-refractivity contribution in [3.63, 3.8) is 0 Å². The number of ketones is 1. The Morgan fingerprint density at radius 3 is 2.95 bits per heavy atom. The van der Waals surface area contributed by atoms with Crippen molar-refractivity contribution >= 4 is 16.7 Å². The van der Waals surface area contributed by atoms with Gasteiger partial charge in [0.15, 0.2) is 5.78 Å². The molecule has 1 fully saturated rings. The van der Waals surface area contributed by atoms with Gasteiger partial charge in [0, 0.05) is 23.1 Å². The van der Waals surface area contributed by atoms with Crippen molar-refractivity contribution in [2.75, 3.05) is 0 Å². The summed E-state index contributed by atoms with van der Waals surface area (Å²) < 4.78 is 0. The zero-order valence-corrected chi connectivity index (χ0v) is 11.3. The molecule has 2 heteroatoms. The van der Waals surface area contributed by atoms with E-state index in [-0.39, 0.29) is 11.7 Å². The maximum absolute atomic E-state index is 12.5. The third-order valence-corrected chi connectivity index (χ3v) is 4.36. The Morgan fingerprint density at radius 1 is 1.32 bits per heavy atom. The van der Waals surface area contributed by atoms with Crippen LogP contribution >= 0.6 is 0 Å². The Balaban J connectivity index is 1.85. The summed E-state index contributed by atoms with van der Waals surface area (Å²) in [6, 6.07) is 9.94. The van der Waals surface area contributed by atoms with Crippen molar-refractivity contribution in [2.24, 2.45) is 11.8 Å². The summed E-state index contributed by atoms with van der Waals surface area (Å²) in [4.78, 5) is 16.9. The second-order valence-corrected chi connectivity index (χ2v) is 5.57. The molecule has 3 rings (SSSR count). The molecule has 1 aliphatic carbocycles. The van der Waals surface area contributed by atoms with Gasteiger partial charge < -0.3 is 0 Å². The van der Waals surface area contributed by atoms with Gasteiger partial charge in [-0.25, -0.2) is 0 Å². The smallest absolute Gasteiger partial charge is 0.167 e. The molecule has 0 spiro atoms. The molecule has 98 valence electrons. The lowest BCUT2D eigenvalue weighted by molar-refractivity contribution is 0.0919. The van der Waals surface area contributed by atoms with Crippen LogP contribution in [0.1, 0.15) is 43.0 Å². The Labute approximate surface area is 113 Å². The third-order valence-electron chi connectivity index (χ3n) is 4.36. The lowest BCUT2D eigenvalue weighted by Crippen LogP contribution is -2.12. The van der Waals surface area contributed by atoms with Gasteiger partial charge in [0.1, 0.15) is 0 Å². The van der Waals surface area contributed by atoms with Crippen LogP contribution in [0.5, 0.6) is 0 Å². The molecule has 0 radical (unpaired) electrons. The second kappa shape index (κ2) is 5.12. The summed E-state index contributed by atoms with van der Waals surface area (Å²) in [6.07, 6.45) is 6.24. The fourth-order valence-electron chi connectivity index (χ4n) is 3.13. The molecule has 1 saturated carbocycles. The topological polar surface area (TPSA) is 30.0 Å². The first-order chi connectivity index (χ1) is 9.28. The van der Waals surface area contributed by atoms with Gasteiger partial charge in [0.25, 0.3) is 0 Å². The summed E-state index contributed by atoms with van der Waals surface area (Å²) in [7, 11) is 0. The molecule has 1 aromatic carbocycles. The van der Waals surface area contributed by atoms with Gasteiger partial charge in [-0.3, -0.25) is 9.78 Å². The van der Waals surface area contributed by atoms with Crippen molar-refractivity contribution in [3.8, 4) is 0 Å². The van der Waals surface area contributed by atoms with Crippen molar-refractivity contribution in [1.82, 2.24) is 4.98 Å². The average Bonchev–Trinajstić information content (AvgIpc) is 2.95. The zero-order valence-electron chi connectivity index (χ0n) is 11.3. The maximum atomic E-state index is 12.5. The third kappa shape index (κ3) is 2.40. The molecule has 2 unspecified atom stereocenters. The highest BCUT2D eigenvalue weighted by Crippen LogP contribution is 2.35. The summed E-state index contributed by atoms with van der Waals surface area (Å²) in [6.45, 7) is 2.22. The molecule has 0 N–H and O–H groups in total. The van der Waals surface area contributed by atoms with Crippen LogP contribution in [0.3, 0.4) is 0 Å². The number of carbonyl (C=O) groups excluding carboxylic acids is 1. The standard InChI is InChI=1S/C17H19NO/c1-2-12-7-8-14(9-12)17(19)15-10-13-5-3-4-6-16(13)18-11-15/h3-6,10-12,14H,2,7-9H2,1H3. The van der Waals surface area contributed by atoms with Gasteiger partial charge in [0.05, 0.1) is 5.52 Å². The fourth-order valence-corrected chi connectivity index (χ4v) is 3.13. The minimum absolute atomic E-state index is 0.216. The van der Waals surface area contributed by atoms with E-state index in [1.807, 2.05) is 30.3 Å². The second-order valence-electron chi connectivity index (χ2n) is 5.57. The van der Waals surface area contributed by atoms with Crippen LogP contribution in [-0.2, 0) is 0 Å². The van der Waals surface area contributed by atoms with Crippen molar-refractivity contribution in [3.05, 3.63) is 42.1 Å². The largest absolute Gasteiger partial charge is 0.294 e. The van der Waals surface area contributed by atoms with E-state index < -0.39 is 0 Å². The summed E-state index contributed by atoms with van der Waals surface area (Å²) in [5, 5.41) is 1.05. The Morgan fingerprint density at radius 2 is 2.16 bits per heavy atom. The van der Waals surface area contributed by atoms with Gasteiger partial charge in [-0.15, -0.1) is 0 Å². The number of aromatic nitrogens is 1.